The van der Waals surface area contributed by atoms with Crippen molar-refractivity contribution in [2.45, 2.75) is 26.7 Å². The van der Waals surface area contributed by atoms with Crippen molar-refractivity contribution in [2.24, 2.45) is 0 Å². The van der Waals surface area contributed by atoms with Gasteiger partial charge in [-0.15, -0.1) is 24.8 Å². The fourth-order valence-electron chi connectivity index (χ4n) is 6.53. The Hall–Kier alpha value is -1.96. The van der Waals surface area contributed by atoms with Crippen LogP contribution in [0.1, 0.15) is 28.7 Å². The van der Waals surface area contributed by atoms with E-state index in [1.807, 2.05) is 0 Å². The minimum Gasteiger partial charge on any atom is -0.147 e. The number of hydrogen-bond acceptors (Lipinski definition) is 0. The SMILES string of the molecule is Cc1ccc[c]([Zr](=[SiH2])([C]2=CC=CC2)([c]2cccc(C)c2)[c]2cccc3c2Cc2ccccc2-3)c1.Cl.Cl. The van der Waals surface area contributed by atoms with Gasteiger partial charge in [-0.25, -0.2) is 0 Å². The summed E-state index contributed by atoms with van der Waals surface area (Å²) in [6, 6.07) is 35.1. The Morgan fingerprint density at radius 2 is 1.31 bits per heavy atom. The molecule has 0 saturated heterocycles. The van der Waals surface area contributed by atoms with Crippen LogP contribution in [0.2, 0.25) is 0 Å². The van der Waals surface area contributed by atoms with E-state index in [0.717, 1.165) is 12.8 Å². The van der Waals surface area contributed by atoms with Gasteiger partial charge in [0.1, 0.15) is 0 Å². The molecule has 0 saturated carbocycles. The van der Waals surface area contributed by atoms with Crippen molar-refractivity contribution < 1.29 is 17.4 Å². The van der Waals surface area contributed by atoms with Crippen molar-refractivity contribution in [3.05, 3.63) is 135 Å². The molecule has 4 aromatic rings. The number of rotatable bonds is 4. The van der Waals surface area contributed by atoms with Crippen molar-refractivity contribution in [3.8, 4) is 11.1 Å². The van der Waals surface area contributed by atoms with Crippen molar-refractivity contribution in [2.75, 3.05) is 0 Å². The number of allylic oxidation sites excluding steroid dienone is 4. The molecule has 0 spiro atoms. The van der Waals surface area contributed by atoms with Crippen molar-refractivity contribution in [1.29, 1.82) is 0 Å². The van der Waals surface area contributed by atoms with Gasteiger partial charge in [0.15, 0.2) is 0 Å². The fraction of sp³-hybridized carbons (Fsp3) is 0.125. The zero-order chi connectivity index (χ0) is 23.4. The van der Waals surface area contributed by atoms with E-state index in [4.69, 9.17) is 0 Å². The molecule has 4 aromatic carbocycles. The van der Waals surface area contributed by atoms with Gasteiger partial charge in [-0.1, -0.05) is 0 Å². The first-order valence-electron chi connectivity index (χ1n) is 12.2. The van der Waals surface area contributed by atoms with E-state index in [-0.39, 0.29) is 24.8 Å². The summed E-state index contributed by atoms with van der Waals surface area (Å²) < 4.78 is 6.40. The summed E-state index contributed by atoms with van der Waals surface area (Å²) in [5.74, 6) is 0. The normalized spacial score (nSPS) is 13.8. The third-order valence-corrected chi connectivity index (χ3v) is 34.3. The molecule has 182 valence electrons. The van der Waals surface area contributed by atoms with Crippen LogP contribution in [0.15, 0.2) is 113 Å². The van der Waals surface area contributed by atoms with Crippen LogP contribution >= 0.6 is 24.8 Å². The summed E-state index contributed by atoms with van der Waals surface area (Å²) in [6.07, 6.45) is 9.19. The van der Waals surface area contributed by atoms with Gasteiger partial charge in [0, 0.05) is 0 Å². The Bertz CT molecular complexity index is 1550. The van der Waals surface area contributed by atoms with Crippen molar-refractivity contribution in [3.63, 3.8) is 0 Å². The molecule has 36 heavy (non-hydrogen) atoms. The quantitative estimate of drug-likeness (QED) is 0.218. The van der Waals surface area contributed by atoms with Gasteiger partial charge in [0.25, 0.3) is 0 Å². The van der Waals surface area contributed by atoms with Gasteiger partial charge in [0.2, 0.25) is 0 Å². The van der Waals surface area contributed by atoms with E-state index in [0.29, 0.717) is 0 Å². The molecule has 0 radical (unpaired) electrons. The van der Waals surface area contributed by atoms with Crippen molar-refractivity contribution in [1.82, 2.24) is 0 Å². The van der Waals surface area contributed by atoms with Crippen LogP contribution in [0.25, 0.3) is 11.1 Å². The summed E-state index contributed by atoms with van der Waals surface area (Å²) in [6.45, 7) is 6.87. The van der Waals surface area contributed by atoms with E-state index >= 15 is 0 Å². The molecule has 0 nitrogen and oxygen atoms in total. The average molecular weight is 607 g/mol. The zero-order valence-electron chi connectivity index (χ0n) is 20.8. The molecule has 0 atom stereocenters. The van der Waals surface area contributed by atoms with Crippen molar-refractivity contribution >= 4 is 41.5 Å². The maximum atomic E-state index is 2.50. The van der Waals surface area contributed by atoms with Gasteiger partial charge in [-0.05, 0) is 0 Å². The number of hydrogen-bond donors (Lipinski definition) is 0. The second kappa shape index (κ2) is 10.1. The molecule has 2 aliphatic rings. The molecule has 0 bridgehead atoms. The number of halogens is 2. The van der Waals surface area contributed by atoms with E-state index in [2.05, 4.69) is 130 Å². The largest absolute Gasteiger partial charge is 0.147 e. The van der Waals surface area contributed by atoms with Gasteiger partial charge >= 0.3 is 207 Å². The molecular formula is C32H32Cl2SiZr. The molecule has 0 unspecified atom stereocenters. The van der Waals surface area contributed by atoms with Crippen LogP contribution in [0.5, 0.6) is 0 Å². The fourth-order valence-corrected chi connectivity index (χ4v) is 28.5. The van der Waals surface area contributed by atoms with Gasteiger partial charge < -0.3 is 0 Å². The Kier molecular flexibility index (Phi) is 7.58. The minimum atomic E-state index is -4.24. The molecular weight excluding hydrogens is 575 g/mol. The average Bonchev–Trinajstić information content (AvgIpc) is 3.52. The van der Waals surface area contributed by atoms with Crippen LogP contribution < -0.4 is 9.81 Å². The molecule has 2 aliphatic carbocycles. The van der Waals surface area contributed by atoms with E-state index in [9.17, 15) is 0 Å². The summed E-state index contributed by atoms with van der Waals surface area (Å²) in [5.41, 5.74) is 8.56. The molecule has 0 aliphatic heterocycles. The molecule has 0 aromatic heterocycles. The second-order valence-corrected chi connectivity index (χ2v) is 31.5. The molecule has 0 amide bonds. The predicted octanol–water partition coefficient (Wildman–Crippen LogP) is 6.08. The third kappa shape index (κ3) is 3.81. The van der Waals surface area contributed by atoms with Gasteiger partial charge in [-0.2, -0.15) is 0 Å². The standard InChI is InChI=1S/C13H9.2C7H7.C5H5.2ClH.H2Si.Zr/c1-3-7-12-10(5-1)9-11-6-2-4-8-13(11)12;2*1-7-5-3-2-4-6-7;1-2-4-5-3-1;;;;/h1-5,7-8H,9H2;2*2-3,5-6H,1H3;1-3H,4H2;2*1H;1H2;. The first-order valence-corrected chi connectivity index (χ1v) is 23.1. The molecule has 0 fully saturated rings. The predicted molar refractivity (Wildman–Crippen MR) is 161 cm³/mol. The summed E-state index contributed by atoms with van der Waals surface area (Å²) in [7, 11) is 0. The van der Waals surface area contributed by atoms with Crippen LogP contribution in [0.4, 0.5) is 0 Å². The van der Waals surface area contributed by atoms with Crippen LogP contribution in [-0.4, -0.2) is 6.88 Å². The van der Waals surface area contributed by atoms with E-state index < -0.39 is 17.4 Å². The summed E-state index contributed by atoms with van der Waals surface area (Å²) in [5, 5.41) is 0. The number of fused-ring (bicyclic) bond motifs is 3. The summed E-state index contributed by atoms with van der Waals surface area (Å²) in [4.78, 5) is 0. The molecule has 6 rings (SSSR count). The van der Waals surface area contributed by atoms with E-state index in [1.165, 1.54) is 27.8 Å². The molecule has 0 heterocycles. The number of aryl methyl sites for hydroxylation is 2. The third-order valence-electron chi connectivity index (χ3n) is 8.24. The Balaban J connectivity index is 0.00000152. The number of benzene rings is 4. The Morgan fingerprint density at radius 3 is 1.92 bits per heavy atom. The van der Waals surface area contributed by atoms with Crippen LogP contribution in [-0.2, 0) is 23.8 Å². The molecule has 0 N–H and O–H groups in total. The molecule has 4 heteroatoms. The monoisotopic (exact) mass is 604 g/mol. The zero-order valence-corrected chi connectivity index (χ0v) is 26.3. The van der Waals surface area contributed by atoms with Crippen LogP contribution in [0, 0.1) is 13.8 Å². The van der Waals surface area contributed by atoms with Gasteiger partial charge in [-0.3, -0.25) is 0 Å². The minimum absolute atomic E-state index is 0. The maximum Gasteiger partial charge on any atom is -0.147 e. The van der Waals surface area contributed by atoms with Gasteiger partial charge in [0.05, 0.1) is 0 Å². The Morgan fingerprint density at radius 1 is 0.694 bits per heavy atom. The van der Waals surface area contributed by atoms with Crippen LogP contribution in [0.3, 0.4) is 0 Å². The maximum absolute atomic E-state index is 4.24. The first-order chi connectivity index (χ1) is 16.5. The smallest absolute Gasteiger partial charge is 0.147 e. The summed E-state index contributed by atoms with van der Waals surface area (Å²) >= 11 is -4.24. The second-order valence-electron chi connectivity index (χ2n) is 10.2. The van der Waals surface area contributed by atoms with E-state index in [1.54, 1.807) is 18.7 Å². The topological polar surface area (TPSA) is 0 Å². The first kappa shape index (κ1) is 27.1. The Labute approximate surface area is 229 Å².